The Hall–Kier alpha value is -4.94. The number of rotatable bonds is 7. The van der Waals surface area contributed by atoms with Gasteiger partial charge in [-0.3, -0.25) is 18.8 Å². The molecule has 5 aromatic heterocycles. The van der Waals surface area contributed by atoms with Crippen molar-refractivity contribution in [3.05, 3.63) is 77.1 Å². The Balaban J connectivity index is 1.49. The number of anilines is 3. The molecule has 1 unspecified atom stereocenters. The van der Waals surface area contributed by atoms with E-state index in [0.29, 0.717) is 34.7 Å². The van der Waals surface area contributed by atoms with E-state index in [9.17, 15) is 9.59 Å². The molecule has 0 aromatic carbocycles. The van der Waals surface area contributed by atoms with Crippen LogP contribution >= 0.6 is 0 Å². The summed E-state index contributed by atoms with van der Waals surface area (Å²) in [7, 11) is 3.50. The summed E-state index contributed by atoms with van der Waals surface area (Å²) in [5.41, 5.74) is 0.546. The molecule has 35 heavy (non-hydrogen) atoms. The van der Waals surface area contributed by atoms with Gasteiger partial charge in [0.05, 0.1) is 12.4 Å². The molecule has 5 heterocycles. The molecule has 0 saturated heterocycles. The van der Waals surface area contributed by atoms with Crippen molar-refractivity contribution >= 4 is 28.9 Å². The number of nitrogens with one attached hydrogen (secondary N) is 3. The largest absolute Gasteiger partial charge is 0.447 e. The molecule has 0 aliphatic carbocycles. The van der Waals surface area contributed by atoms with E-state index in [2.05, 4.69) is 36.1 Å². The topological polar surface area (TPSA) is 149 Å². The number of hydrogen-bond donors (Lipinski definition) is 3. The number of aromatic nitrogens is 7. The van der Waals surface area contributed by atoms with E-state index in [4.69, 9.17) is 4.42 Å². The number of carbonyl (C=O) groups excluding carboxylic acids is 1. The molecule has 0 radical (unpaired) electrons. The maximum atomic E-state index is 13.1. The first-order valence-electron chi connectivity index (χ1n) is 10.7. The summed E-state index contributed by atoms with van der Waals surface area (Å²) in [6, 6.07) is 6.36. The number of oxazole rings is 1. The van der Waals surface area contributed by atoms with E-state index >= 15 is 0 Å². The quantitative estimate of drug-likeness (QED) is 0.321. The van der Waals surface area contributed by atoms with Crippen LogP contribution < -0.4 is 21.5 Å². The summed E-state index contributed by atoms with van der Waals surface area (Å²) in [6.07, 6.45) is 7.78. The summed E-state index contributed by atoms with van der Waals surface area (Å²) < 4.78 is 9.81. The van der Waals surface area contributed by atoms with Crippen LogP contribution in [-0.4, -0.2) is 46.9 Å². The zero-order chi connectivity index (χ0) is 24.5. The molecule has 0 saturated carbocycles. The van der Waals surface area contributed by atoms with Crippen molar-refractivity contribution in [2.45, 2.75) is 13.0 Å². The van der Waals surface area contributed by atoms with Gasteiger partial charge in [0.15, 0.2) is 11.5 Å². The molecule has 13 nitrogen and oxygen atoms in total. The van der Waals surface area contributed by atoms with E-state index < -0.39 is 11.9 Å². The predicted molar refractivity (Wildman–Crippen MR) is 127 cm³/mol. The van der Waals surface area contributed by atoms with Crippen molar-refractivity contribution in [1.29, 1.82) is 0 Å². The second kappa shape index (κ2) is 8.78. The number of fused-ring (bicyclic) bond motifs is 1. The second-order valence-electron chi connectivity index (χ2n) is 7.71. The molecule has 1 atom stereocenters. The van der Waals surface area contributed by atoms with Crippen LogP contribution in [0.3, 0.4) is 0 Å². The molecule has 13 heteroatoms. The van der Waals surface area contributed by atoms with Crippen molar-refractivity contribution in [2.75, 3.05) is 17.7 Å². The van der Waals surface area contributed by atoms with Crippen LogP contribution in [0.2, 0.25) is 0 Å². The van der Waals surface area contributed by atoms with Crippen LogP contribution in [0, 0.1) is 0 Å². The summed E-state index contributed by atoms with van der Waals surface area (Å²) >= 11 is 0. The lowest BCUT2D eigenvalue weighted by atomic mass is 10.2. The average molecular weight is 474 g/mol. The minimum absolute atomic E-state index is 0.252. The molecular weight excluding hydrogens is 452 g/mol. The minimum atomic E-state index is -0.452. The molecule has 0 bridgehead atoms. The minimum Gasteiger partial charge on any atom is -0.447 e. The highest BCUT2D eigenvalue weighted by Crippen LogP contribution is 2.21. The summed E-state index contributed by atoms with van der Waals surface area (Å²) in [6.45, 7) is 1.76. The molecule has 0 aliphatic heterocycles. The van der Waals surface area contributed by atoms with Gasteiger partial charge in [0.2, 0.25) is 5.89 Å². The SMILES string of the molecule is CNc1cc(Nc2cccn(-c3ccn(C)n3)c2=O)nc2c(C(=O)NC(C)c3ncco3)cnn12. The highest BCUT2D eigenvalue weighted by atomic mass is 16.3. The van der Waals surface area contributed by atoms with Gasteiger partial charge in [-0.25, -0.2) is 9.97 Å². The summed E-state index contributed by atoms with van der Waals surface area (Å²) in [4.78, 5) is 34.7. The smallest absolute Gasteiger partial charge is 0.280 e. The maximum absolute atomic E-state index is 13.1. The standard InChI is InChI=1S/C22H22N10O3/c1-13(21-24-7-10-35-21)26-20(33)14-12-25-32-18(23-2)11-16(28-19(14)32)27-15-5-4-8-31(22(15)34)17-6-9-30(3)29-17/h4-13,23H,1-3H3,(H,26,33)(H,27,28). The van der Waals surface area contributed by atoms with Crippen LogP contribution in [0.1, 0.15) is 29.2 Å². The van der Waals surface area contributed by atoms with E-state index in [1.165, 1.54) is 27.7 Å². The maximum Gasteiger partial charge on any atom is 0.280 e. The van der Waals surface area contributed by atoms with Crippen LogP contribution in [-0.2, 0) is 7.05 Å². The van der Waals surface area contributed by atoms with Crippen molar-refractivity contribution < 1.29 is 9.21 Å². The lowest BCUT2D eigenvalue weighted by Gasteiger charge is -2.12. The fourth-order valence-corrected chi connectivity index (χ4v) is 3.59. The molecule has 178 valence electrons. The molecule has 0 spiro atoms. The Morgan fingerprint density at radius 1 is 1.23 bits per heavy atom. The van der Waals surface area contributed by atoms with Gasteiger partial charge in [0, 0.05) is 38.6 Å². The van der Waals surface area contributed by atoms with Crippen LogP contribution in [0.25, 0.3) is 11.5 Å². The number of nitrogens with zero attached hydrogens (tertiary/aromatic N) is 7. The third kappa shape index (κ3) is 4.10. The zero-order valence-corrected chi connectivity index (χ0v) is 19.1. The van der Waals surface area contributed by atoms with Crippen molar-refractivity contribution in [3.8, 4) is 5.82 Å². The molecule has 0 aliphatic rings. The van der Waals surface area contributed by atoms with E-state index in [0.717, 1.165) is 0 Å². The number of hydrogen-bond acceptors (Lipinski definition) is 9. The fraction of sp³-hybridized carbons (Fsp3) is 0.182. The highest BCUT2D eigenvalue weighted by molar-refractivity contribution is 6.00. The molecule has 3 N–H and O–H groups in total. The monoisotopic (exact) mass is 474 g/mol. The molecule has 0 fully saturated rings. The summed E-state index contributed by atoms with van der Waals surface area (Å²) in [5, 5.41) is 17.5. The van der Waals surface area contributed by atoms with Crippen molar-refractivity contribution in [2.24, 2.45) is 7.05 Å². The number of aryl methyl sites for hydroxylation is 1. The second-order valence-corrected chi connectivity index (χ2v) is 7.71. The Morgan fingerprint density at radius 3 is 2.80 bits per heavy atom. The average Bonchev–Trinajstić information content (AvgIpc) is 3.61. The number of carbonyl (C=O) groups is 1. The van der Waals surface area contributed by atoms with Gasteiger partial charge < -0.3 is 20.4 Å². The van der Waals surface area contributed by atoms with Gasteiger partial charge in [0.25, 0.3) is 11.5 Å². The highest BCUT2D eigenvalue weighted by Gasteiger charge is 2.21. The van der Waals surface area contributed by atoms with Gasteiger partial charge in [-0.15, -0.1) is 0 Å². The fourth-order valence-electron chi connectivity index (χ4n) is 3.59. The van der Waals surface area contributed by atoms with E-state index in [1.807, 2.05) is 0 Å². The first kappa shape index (κ1) is 21.9. The Labute approximate surface area is 198 Å². The first-order chi connectivity index (χ1) is 16.9. The lowest BCUT2D eigenvalue weighted by Crippen LogP contribution is -2.27. The van der Waals surface area contributed by atoms with Gasteiger partial charge in [-0.1, -0.05) is 0 Å². The van der Waals surface area contributed by atoms with Gasteiger partial charge in [0.1, 0.15) is 35.2 Å². The normalized spacial score (nSPS) is 12.0. The molecule has 5 aromatic rings. The predicted octanol–water partition coefficient (Wildman–Crippen LogP) is 1.88. The summed E-state index contributed by atoms with van der Waals surface area (Å²) in [5.74, 6) is 1.41. The van der Waals surface area contributed by atoms with Crippen LogP contribution in [0.5, 0.6) is 0 Å². The third-order valence-electron chi connectivity index (χ3n) is 5.30. The van der Waals surface area contributed by atoms with E-state index in [1.54, 1.807) is 62.4 Å². The first-order valence-corrected chi connectivity index (χ1v) is 10.7. The lowest BCUT2D eigenvalue weighted by molar-refractivity contribution is 0.0935. The van der Waals surface area contributed by atoms with Crippen molar-refractivity contribution in [3.63, 3.8) is 0 Å². The third-order valence-corrected chi connectivity index (χ3v) is 5.30. The molecule has 5 rings (SSSR count). The Morgan fingerprint density at radius 2 is 2.09 bits per heavy atom. The zero-order valence-electron chi connectivity index (χ0n) is 19.1. The van der Waals surface area contributed by atoms with Crippen molar-refractivity contribution in [1.82, 2.24) is 39.2 Å². The van der Waals surface area contributed by atoms with Crippen LogP contribution in [0.15, 0.2) is 64.5 Å². The Kier molecular flexibility index (Phi) is 5.49. The number of pyridine rings is 1. The molecule has 1 amide bonds. The van der Waals surface area contributed by atoms with Gasteiger partial charge in [-0.05, 0) is 19.1 Å². The Bertz CT molecular complexity index is 1560. The van der Waals surface area contributed by atoms with E-state index in [-0.39, 0.29) is 11.1 Å². The molecular formula is C22H22N10O3. The van der Waals surface area contributed by atoms with Gasteiger partial charge >= 0.3 is 0 Å². The van der Waals surface area contributed by atoms with Gasteiger partial charge in [-0.2, -0.15) is 14.7 Å². The number of amides is 1. The van der Waals surface area contributed by atoms with Crippen LogP contribution in [0.4, 0.5) is 17.3 Å².